The quantitative estimate of drug-likeness (QED) is 0.296. The maximum absolute atomic E-state index is 13.1. The van der Waals surface area contributed by atoms with Crippen molar-refractivity contribution in [3.63, 3.8) is 0 Å². The standard InChI is InChI=1S/C22H18ClN3O4S2/c1-29-15-7-8-16(18(11-15)30-2)24-19(27)12-32-22-25-17-9-10-31-20(17)21(28)26(22)14-5-3-13(23)4-6-14/h3-11H,12H2,1-2H3,(H,24,27). The fourth-order valence-corrected chi connectivity index (χ4v) is 4.72. The van der Waals surface area contributed by atoms with Gasteiger partial charge in [0.1, 0.15) is 16.2 Å². The third kappa shape index (κ3) is 4.59. The molecule has 0 saturated carbocycles. The van der Waals surface area contributed by atoms with E-state index in [0.717, 1.165) is 0 Å². The number of methoxy groups -OCH3 is 2. The Hall–Kier alpha value is -3.01. The Bertz CT molecular complexity index is 1340. The van der Waals surface area contributed by atoms with Gasteiger partial charge in [-0.2, -0.15) is 0 Å². The average molecular weight is 488 g/mol. The number of amides is 1. The third-order valence-electron chi connectivity index (χ3n) is 4.55. The summed E-state index contributed by atoms with van der Waals surface area (Å²) in [6.45, 7) is 0. The maximum atomic E-state index is 13.1. The lowest BCUT2D eigenvalue weighted by Gasteiger charge is -2.13. The maximum Gasteiger partial charge on any atom is 0.276 e. The van der Waals surface area contributed by atoms with Crippen LogP contribution in [0.5, 0.6) is 11.5 Å². The molecule has 0 aliphatic carbocycles. The van der Waals surface area contributed by atoms with E-state index in [4.69, 9.17) is 21.1 Å². The molecule has 0 saturated heterocycles. The Balaban J connectivity index is 1.60. The number of ether oxygens (including phenoxy) is 2. The SMILES string of the molecule is COc1ccc(NC(=O)CSc2nc3ccsc3c(=O)n2-c2ccc(Cl)cc2)c(OC)c1. The highest BCUT2D eigenvalue weighted by molar-refractivity contribution is 7.99. The molecule has 0 atom stereocenters. The van der Waals surface area contributed by atoms with Crippen molar-refractivity contribution in [1.82, 2.24) is 9.55 Å². The minimum atomic E-state index is -0.263. The second-order valence-corrected chi connectivity index (χ2v) is 8.84. The van der Waals surface area contributed by atoms with Crippen molar-refractivity contribution in [2.24, 2.45) is 0 Å². The first-order chi connectivity index (χ1) is 15.5. The Morgan fingerprint density at radius 3 is 2.66 bits per heavy atom. The molecule has 4 aromatic rings. The molecule has 32 heavy (non-hydrogen) atoms. The van der Waals surface area contributed by atoms with E-state index in [2.05, 4.69) is 10.3 Å². The van der Waals surface area contributed by atoms with E-state index >= 15 is 0 Å². The number of rotatable bonds is 7. The van der Waals surface area contributed by atoms with Crippen LogP contribution in [0.2, 0.25) is 5.02 Å². The average Bonchev–Trinajstić information content (AvgIpc) is 3.28. The number of hydrogen-bond donors (Lipinski definition) is 1. The summed E-state index contributed by atoms with van der Waals surface area (Å²) in [7, 11) is 3.07. The number of nitrogens with zero attached hydrogens (tertiary/aromatic N) is 2. The fourth-order valence-electron chi connectivity index (χ4n) is 3.02. The molecule has 0 spiro atoms. The van der Waals surface area contributed by atoms with Gasteiger partial charge in [0, 0.05) is 11.1 Å². The number of carbonyl (C=O) groups excluding carboxylic acids is 1. The summed E-state index contributed by atoms with van der Waals surface area (Å²) < 4.78 is 12.6. The molecular formula is C22H18ClN3O4S2. The summed E-state index contributed by atoms with van der Waals surface area (Å²) in [5, 5.41) is 5.63. The van der Waals surface area contributed by atoms with Crippen LogP contribution in [0.1, 0.15) is 0 Å². The van der Waals surface area contributed by atoms with Crippen LogP contribution in [-0.4, -0.2) is 35.4 Å². The molecule has 1 N–H and O–H groups in total. The summed E-state index contributed by atoms with van der Waals surface area (Å²) in [5.74, 6) is 0.888. The molecule has 4 rings (SSSR count). The van der Waals surface area contributed by atoms with E-state index in [1.54, 1.807) is 55.6 Å². The number of thioether (sulfide) groups is 1. The molecule has 7 nitrogen and oxygen atoms in total. The van der Waals surface area contributed by atoms with Crippen LogP contribution in [0.3, 0.4) is 0 Å². The predicted molar refractivity (Wildman–Crippen MR) is 129 cm³/mol. The van der Waals surface area contributed by atoms with Crippen molar-refractivity contribution < 1.29 is 14.3 Å². The molecule has 2 aromatic carbocycles. The van der Waals surface area contributed by atoms with E-state index in [9.17, 15) is 9.59 Å². The Morgan fingerprint density at radius 2 is 1.94 bits per heavy atom. The van der Waals surface area contributed by atoms with Crippen molar-refractivity contribution in [2.75, 3.05) is 25.3 Å². The van der Waals surface area contributed by atoms with Gasteiger partial charge in [-0.3, -0.25) is 14.2 Å². The van der Waals surface area contributed by atoms with Gasteiger partial charge in [0.05, 0.1) is 36.9 Å². The van der Waals surface area contributed by atoms with Gasteiger partial charge in [-0.25, -0.2) is 4.98 Å². The van der Waals surface area contributed by atoms with Crippen LogP contribution in [-0.2, 0) is 4.79 Å². The van der Waals surface area contributed by atoms with Gasteiger partial charge in [-0.1, -0.05) is 23.4 Å². The van der Waals surface area contributed by atoms with Crippen LogP contribution < -0.4 is 20.3 Å². The fraction of sp³-hybridized carbons (Fsp3) is 0.136. The molecule has 2 aromatic heterocycles. The summed E-state index contributed by atoms with van der Waals surface area (Å²) in [5.41, 5.74) is 1.56. The number of aromatic nitrogens is 2. The number of thiophene rings is 1. The monoisotopic (exact) mass is 487 g/mol. The molecule has 10 heteroatoms. The molecule has 0 unspecified atom stereocenters. The van der Waals surface area contributed by atoms with Gasteiger partial charge in [-0.15, -0.1) is 11.3 Å². The Kier molecular flexibility index (Phi) is 6.69. The lowest BCUT2D eigenvalue weighted by Crippen LogP contribution is -2.22. The molecular weight excluding hydrogens is 470 g/mol. The van der Waals surface area contributed by atoms with Gasteiger partial charge >= 0.3 is 0 Å². The zero-order valence-electron chi connectivity index (χ0n) is 17.1. The Labute approximate surface area is 197 Å². The van der Waals surface area contributed by atoms with E-state index in [1.165, 1.54) is 34.8 Å². The van der Waals surface area contributed by atoms with Crippen molar-refractivity contribution in [3.05, 3.63) is 69.3 Å². The topological polar surface area (TPSA) is 82.5 Å². The molecule has 0 radical (unpaired) electrons. The number of anilines is 1. The van der Waals surface area contributed by atoms with Gasteiger partial charge in [0.2, 0.25) is 5.91 Å². The highest BCUT2D eigenvalue weighted by Crippen LogP contribution is 2.30. The molecule has 1 amide bonds. The molecule has 2 heterocycles. The van der Waals surface area contributed by atoms with Gasteiger partial charge < -0.3 is 14.8 Å². The summed E-state index contributed by atoms with van der Waals surface area (Å²) in [6.07, 6.45) is 0. The number of carbonyl (C=O) groups is 1. The van der Waals surface area contributed by atoms with Crippen LogP contribution in [0, 0.1) is 0 Å². The van der Waals surface area contributed by atoms with Gasteiger partial charge in [0.15, 0.2) is 5.16 Å². The second kappa shape index (κ2) is 9.64. The zero-order valence-corrected chi connectivity index (χ0v) is 19.5. The molecule has 0 bridgehead atoms. The third-order valence-corrected chi connectivity index (χ3v) is 6.63. The largest absolute Gasteiger partial charge is 0.497 e. The summed E-state index contributed by atoms with van der Waals surface area (Å²) >= 11 is 8.51. The van der Waals surface area contributed by atoms with Gasteiger partial charge in [-0.05, 0) is 47.8 Å². The lowest BCUT2D eigenvalue weighted by molar-refractivity contribution is -0.113. The highest BCUT2D eigenvalue weighted by atomic mass is 35.5. The van der Waals surface area contributed by atoms with Crippen molar-refractivity contribution >= 4 is 56.5 Å². The summed E-state index contributed by atoms with van der Waals surface area (Å²) in [4.78, 5) is 30.4. The second-order valence-electron chi connectivity index (χ2n) is 6.55. The first kappa shape index (κ1) is 22.2. The lowest BCUT2D eigenvalue weighted by atomic mass is 10.2. The minimum absolute atomic E-state index is 0.0465. The van der Waals surface area contributed by atoms with E-state index in [-0.39, 0.29) is 17.2 Å². The van der Waals surface area contributed by atoms with Crippen LogP contribution >= 0.6 is 34.7 Å². The number of hydrogen-bond acceptors (Lipinski definition) is 7. The molecule has 0 aliphatic heterocycles. The normalized spacial score (nSPS) is 10.8. The molecule has 0 fully saturated rings. The highest BCUT2D eigenvalue weighted by Gasteiger charge is 2.16. The smallest absolute Gasteiger partial charge is 0.276 e. The van der Waals surface area contributed by atoms with Crippen LogP contribution in [0.4, 0.5) is 5.69 Å². The number of fused-ring (bicyclic) bond motifs is 1. The predicted octanol–water partition coefficient (Wildman–Crippen LogP) is 4.85. The number of halogens is 1. The van der Waals surface area contributed by atoms with Crippen molar-refractivity contribution in [1.29, 1.82) is 0 Å². The number of benzene rings is 2. The van der Waals surface area contributed by atoms with E-state index in [1.807, 2.05) is 5.38 Å². The van der Waals surface area contributed by atoms with Crippen LogP contribution in [0.15, 0.2) is 63.9 Å². The summed E-state index contributed by atoms with van der Waals surface area (Å²) in [6, 6.07) is 13.8. The Morgan fingerprint density at radius 1 is 1.16 bits per heavy atom. The van der Waals surface area contributed by atoms with E-state index < -0.39 is 0 Å². The molecule has 0 aliphatic rings. The molecule has 164 valence electrons. The minimum Gasteiger partial charge on any atom is -0.497 e. The van der Waals surface area contributed by atoms with Crippen molar-refractivity contribution in [3.8, 4) is 17.2 Å². The first-order valence-electron chi connectivity index (χ1n) is 9.41. The van der Waals surface area contributed by atoms with Gasteiger partial charge in [0.25, 0.3) is 5.56 Å². The van der Waals surface area contributed by atoms with Crippen molar-refractivity contribution in [2.45, 2.75) is 5.16 Å². The first-order valence-corrected chi connectivity index (χ1v) is 11.7. The zero-order chi connectivity index (χ0) is 22.7. The van der Waals surface area contributed by atoms with Crippen LogP contribution in [0.25, 0.3) is 15.9 Å². The van der Waals surface area contributed by atoms with E-state index in [0.29, 0.717) is 43.3 Å². The number of nitrogens with one attached hydrogen (secondary N) is 1.